The molecule has 0 saturated heterocycles. The summed E-state index contributed by atoms with van der Waals surface area (Å²) in [5.41, 5.74) is 4.10. The second-order valence-electron chi connectivity index (χ2n) is 4.37. The Hall–Kier alpha value is -0.761. The molecule has 0 amide bonds. The van der Waals surface area contributed by atoms with E-state index in [1.807, 2.05) is 6.07 Å². The largest absolute Gasteiger partial charge is 0.290 e. The van der Waals surface area contributed by atoms with Gasteiger partial charge in [0.15, 0.2) is 0 Å². The molecule has 0 spiro atoms. The normalized spacial score (nSPS) is 13.2. The summed E-state index contributed by atoms with van der Waals surface area (Å²) in [7, 11) is 0. The van der Waals surface area contributed by atoms with Crippen LogP contribution in [0.25, 0.3) is 21.0 Å². The van der Waals surface area contributed by atoms with Crippen LogP contribution in [0.15, 0.2) is 18.2 Å². The molecule has 3 heteroatoms. The van der Waals surface area contributed by atoms with Gasteiger partial charge >= 0.3 is 0 Å². The molecule has 0 saturated carbocycles. The van der Waals surface area contributed by atoms with Crippen molar-refractivity contribution in [2.75, 3.05) is 0 Å². The second kappa shape index (κ2) is 3.87. The van der Waals surface area contributed by atoms with E-state index >= 15 is 0 Å². The van der Waals surface area contributed by atoms with Gasteiger partial charge in [-0.05, 0) is 19.8 Å². The summed E-state index contributed by atoms with van der Waals surface area (Å²) in [5, 5.41) is 3.79. The average molecular weight is 417 g/mol. The fourth-order valence-corrected chi connectivity index (χ4v) is 3.62. The molecule has 1 radical (unpaired) electrons. The van der Waals surface area contributed by atoms with Crippen LogP contribution in [0.5, 0.6) is 0 Å². The number of hydrogen-bond donors (Lipinski definition) is 0. The Morgan fingerprint density at radius 1 is 1.29 bits per heavy atom. The standard InChI is InChI=1S/C14H10NS.Ir/c1-8-15-14-11-4-2-3-9-5-6-10(13(9)11)7-12(14)16-8;/h2-3,7H,5-6H2,1H3;/q-1;. The fraction of sp³-hybridized carbons (Fsp3) is 0.214. The molecule has 0 atom stereocenters. The zero-order chi connectivity index (χ0) is 10.7. The van der Waals surface area contributed by atoms with Crippen LogP contribution in [0.3, 0.4) is 0 Å². The van der Waals surface area contributed by atoms with E-state index in [4.69, 9.17) is 0 Å². The quantitative estimate of drug-likeness (QED) is 0.510. The minimum Gasteiger partial charge on any atom is -0.290 e. The van der Waals surface area contributed by atoms with Crippen LogP contribution in [0.4, 0.5) is 0 Å². The van der Waals surface area contributed by atoms with E-state index in [1.54, 1.807) is 11.3 Å². The Morgan fingerprint density at radius 3 is 3.00 bits per heavy atom. The van der Waals surface area contributed by atoms with Crippen LogP contribution in [-0.4, -0.2) is 4.98 Å². The molecule has 0 unspecified atom stereocenters. The van der Waals surface area contributed by atoms with Crippen LogP contribution in [0.2, 0.25) is 0 Å². The number of aryl methyl sites for hydroxylation is 3. The number of nitrogens with zero attached hydrogens (tertiary/aromatic N) is 1. The van der Waals surface area contributed by atoms with Gasteiger partial charge in [0.05, 0.1) is 5.01 Å². The molecule has 0 fully saturated rings. The molecule has 1 heterocycles. The molecule has 17 heavy (non-hydrogen) atoms. The van der Waals surface area contributed by atoms with Gasteiger partial charge in [-0.15, -0.1) is 45.9 Å². The summed E-state index contributed by atoms with van der Waals surface area (Å²) in [6.45, 7) is 2.08. The molecule has 2 aromatic carbocycles. The summed E-state index contributed by atoms with van der Waals surface area (Å²) in [6.07, 6.45) is 2.35. The molecule has 87 valence electrons. The van der Waals surface area contributed by atoms with Crippen LogP contribution in [0, 0.1) is 13.0 Å². The Bertz CT molecular complexity index is 730. The number of rotatable bonds is 0. The van der Waals surface area contributed by atoms with Crippen LogP contribution < -0.4 is 0 Å². The van der Waals surface area contributed by atoms with E-state index in [0.717, 1.165) is 10.5 Å². The third-order valence-corrected chi connectivity index (χ3v) is 4.29. The van der Waals surface area contributed by atoms with Crippen molar-refractivity contribution >= 4 is 32.3 Å². The maximum atomic E-state index is 4.64. The first kappa shape index (κ1) is 11.3. The summed E-state index contributed by atoms with van der Waals surface area (Å²) in [5.74, 6) is 0. The SMILES string of the molecule is Cc1nc2c(cc3c4c(cc[c-]c42)CC3)s1.[Ir]. The molecular weight excluding hydrogens is 406 g/mol. The summed E-state index contributed by atoms with van der Waals surface area (Å²) >= 11 is 1.79. The van der Waals surface area contributed by atoms with Crippen molar-refractivity contribution < 1.29 is 20.1 Å². The first-order valence-electron chi connectivity index (χ1n) is 5.55. The smallest absolute Gasteiger partial charge is 0.0787 e. The Morgan fingerprint density at radius 2 is 2.12 bits per heavy atom. The topological polar surface area (TPSA) is 12.9 Å². The third-order valence-electron chi connectivity index (χ3n) is 3.37. The van der Waals surface area contributed by atoms with Gasteiger partial charge in [0, 0.05) is 30.3 Å². The minimum atomic E-state index is 0. The van der Waals surface area contributed by atoms with Crippen molar-refractivity contribution in [1.82, 2.24) is 4.98 Å². The van der Waals surface area contributed by atoms with E-state index in [-0.39, 0.29) is 20.1 Å². The monoisotopic (exact) mass is 417 g/mol. The second-order valence-corrected chi connectivity index (χ2v) is 5.60. The molecule has 3 aromatic rings. The Balaban J connectivity index is 0.000000902. The van der Waals surface area contributed by atoms with Gasteiger partial charge in [0.1, 0.15) is 0 Å². The van der Waals surface area contributed by atoms with Crippen molar-refractivity contribution in [3.05, 3.63) is 40.4 Å². The molecule has 1 aliphatic carbocycles. The van der Waals surface area contributed by atoms with Crippen LogP contribution in [0.1, 0.15) is 16.1 Å². The Labute approximate surface area is 117 Å². The van der Waals surface area contributed by atoms with Gasteiger partial charge in [-0.2, -0.15) is 0 Å². The van der Waals surface area contributed by atoms with Gasteiger partial charge in [-0.1, -0.05) is 11.6 Å². The van der Waals surface area contributed by atoms with Crippen molar-refractivity contribution in [1.29, 1.82) is 0 Å². The van der Waals surface area contributed by atoms with Gasteiger partial charge < -0.3 is 0 Å². The first-order valence-corrected chi connectivity index (χ1v) is 6.37. The number of fused-ring (bicyclic) bond motifs is 2. The van der Waals surface area contributed by atoms with Crippen molar-refractivity contribution in [3.63, 3.8) is 0 Å². The van der Waals surface area contributed by atoms with Crippen LogP contribution in [-0.2, 0) is 32.9 Å². The predicted molar refractivity (Wildman–Crippen MR) is 68.1 cm³/mol. The molecule has 1 aromatic heterocycles. The van der Waals surface area contributed by atoms with Crippen molar-refractivity contribution in [2.24, 2.45) is 0 Å². The van der Waals surface area contributed by atoms with Gasteiger partial charge in [0.25, 0.3) is 0 Å². The number of thiazole rings is 1. The zero-order valence-electron chi connectivity index (χ0n) is 9.34. The molecule has 4 rings (SSSR count). The summed E-state index contributed by atoms with van der Waals surface area (Å²) in [4.78, 5) is 4.64. The molecule has 0 aliphatic heterocycles. The van der Waals surface area contributed by atoms with Crippen molar-refractivity contribution in [2.45, 2.75) is 19.8 Å². The van der Waals surface area contributed by atoms with E-state index in [0.29, 0.717) is 0 Å². The third kappa shape index (κ3) is 1.50. The summed E-state index contributed by atoms with van der Waals surface area (Å²) < 4.78 is 1.32. The minimum absolute atomic E-state index is 0. The number of hydrogen-bond acceptors (Lipinski definition) is 2. The number of aromatic nitrogens is 1. The molecule has 1 aliphatic rings. The van der Waals surface area contributed by atoms with E-state index in [2.05, 4.69) is 30.1 Å². The zero-order valence-corrected chi connectivity index (χ0v) is 12.5. The van der Waals surface area contributed by atoms with E-state index < -0.39 is 0 Å². The molecule has 1 nitrogen and oxygen atoms in total. The van der Waals surface area contributed by atoms with E-state index in [9.17, 15) is 0 Å². The molecular formula is C14H10IrNS-. The van der Waals surface area contributed by atoms with Gasteiger partial charge in [-0.3, -0.25) is 4.98 Å². The van der Waals surface area contributed by atoms with Gasteiger partial charge in [0.2, 0.25) is 0 Å². The first-order chi connectivity index (χ1) is 7.83. The fourth-order valence-electron chi connectivity index (χ4n) is 2.72. The molecule has 0 N–H and O–H groups in total. The predicted octanol–water partition coefficient (Wildman–Crippen LogP) is 3.65. The van der Waals surface area contributed by atoms with Crippen LogP contribution >= 0.6 is 11.3 Å². The Kier molecular flexibility index (Phi) is 2.58. The maximum Gasteiger partial charge on any atom is 0.0787 e. The molecule has 0 bridgehead atoms. The summed E-state index contributed by atoms with van der Waals surface area (Å²) in [6, 6.07) is 9.94. The van der Waals surface area contributed by atoms with Gasteiger partial charge in [-0.25, -0.2) is 0 Å². The average Bonchev–Trinajstić information content (AvgIpc) is 2.84. The van der Waals surface area contributed by atoms with Crippen molar-refractivity contribution in [3.8, 4) is 0 Å². The maximum absolute atomic E-state index is 4.64. The number of benzene rings is 2. The van der Waals surface area contributed by atoms with E-state index in [1.165, 1.54) is 39.4 Å².